The highest BCUT2D eigenvalue weighted by atomic mass is 19.1. The molecule has 2 heterocycles. The van der Waals surface area contributed by atoms with Crippen LogP contribution in [0.2, 0.25) is 0 Å². The fraction of sp³-hybridized carbons (Fsp3) is 0.200. The Morgan fingerprint density at radius 3 is 2.41 bits per heavy atom. The predicted molar refractivity (Wildman–Crippen MR) is 121 cm³/mol. The lowest BCUT2D eigenvalue weighted by molar-refractivity contribution is -0.120. The fourth-order valence-electron chi connectivity index (χ4n) is 4.02. The normalized spacial score (nSPS) is 14.5. The number of hydrogen-bond donors (Lipinski definition) is 1. The second-order valence-electron chi connectivity index (χ2n) is 7.89. The average Bonchev–Trinajstić information content (AvgIpc) is 3.26. The molecule has 0 aliphatic heterocycles. The standard InChI is InChI=1S/C25H22FN5O/c26-18-8-6-17(7-9-18)23-16-31(20-10-12-21(32)13-11-20)24(29-23)22-14-15-27-25(30-22)28-19-4-2-1-3-5-19/h1-9,14-16,20H,10-13H2,(H,27,28,30). The molecule has 0 saturated heterocycles. The number of anilines is 2. The topological polar surface area (TPSA) is 72.7 Å². The van der Waals surface area contributed by atoms with E-state index in [1.165, 1.54) is 12.1 Å². The molecular weight excluding hydrogens is 405 g/mol. The molecule has 7 heteroatoms. The van der Waals surface area contributed by atoms with E-state index in [0.29, 0.717) is 36.1 Å². The van der Waals surface area contributed by atoms with Gasteiger partial charge >= 0.3 is 0 Å². The number of hydrogen-bond acceptors (Lipinski definition) is 5. The van der Waals surface area contributed by atoms with Crippen molar-refractivity contribution in [1.29, 1.82) is 0 Å². The summed E-state index contributed by atoms with van der Waals surface area (Å²) in [5, 5.41) is 3.22. The second kappa shape index (κ2) is 8.70. The third-order valence-electron chi connectivity index (χ3n) is 5.69. The Balaban J connectivity index is 1.53. The molecule has 0 unspecified atom stereocenters. The van der Waals surface area contributed by atoms with Gasteiger partial charge in [0.2, 0.25) is 5.95 Å². The molecule has 160 valence electrons. The van der Waals surface area contributed by atoms with Gasteiger partial charge in [-0.2, -0.15) is 0 Å². The van der Waals surface area contributed by atoms with Crippen LogP contribution in [0.5, 0.6) is 0 Å². The predicted octanol–water partition coefficient (Wildman–Crippen LogP) is 5.57. The van der Waals surface area contributed by atoms with E-state index in [0.717, 1.165) is 29.8 Å². The van der Waals surface area contributed by atoms with Crippen LogP contribution in [0.4, 0.5) is 16.0 Å². The van der Waals surface area contributed by atoms with Crippen molar-refractivity contribution in [3.63, 3.8) is 0 Å². The number of Topliss-reactive ketones (excluding diaryl/α,β-unsaturated/α-hetero) is 1. The quantitative estimate of drug-likeness (QED) is 0.450. The minimum atomic E-state index is -0.286. The summed E-state index contributed by atoms with van der Waals surface area (Å²) in [5.41, 5.74) is 3.15. The van der Waals surface area contributed by atoms with Crippen molar-refractivity contribution in [1.82, 2.24) is 19.5 Å². The third-order valence-corrected chi connectivity index (χ3v) is 5.69. The molecule has 0 spiro atoms. The highest BCUT2D eigenvalue weighted by Crippen LogP contribution is 2.33. The monoisotopic (exact) mass is 427 g/mol. The zero-order valence-electron chi connectivity index (χ0n) is 17.4. The molecule has 2 aromatic heterocycles. The van der Waals surface area contributed by atoms with Crippen molar-refractivity contribution >= 4 is 17.4 Å². The van der Waals surface area contributed by atoms with Crippen LogP contribution in [0.25, 0.3) is 22.8 Å². The van der Waals surface area contributed by atoms with Crippen LogP contribution < -0.4 is 5.32 Å². The number of halogens is 1. The van der Waals surface area contributed by atoms with Gasteiger partial charge in [0, 0.05) is 42.5 Å². The Labute approximate surface area is 185 Å². The Hall–Kier alpha value is -3.87. The molecule has 0 radical (unpaired) electrons. The van der Waals surface area contributed by atoms with E-state index in [4.69, 9.17) is 9.97 Å². The summed E-state index contributed by atoms with van der Waals surface area (Å²) >= 11 is 0. The number of imidazole rings is 1. The first kappa shape index (κ1) is 20.1. The molecular formula is C25H22FN5O. The molecule has 1 saturated carbocycles. The molecule has 0 atom stereocenters. The molecule has 2 aromatic carbocycles. The van der Waals surface area contributed by atoms with Gasteiger partial charge in [0.1, 0.15) is 17.3 Å². The number of rotatable bonds is 5. The average molecular weight is 427 g/mol. The number of aromatic nitrogens is 4. The van der Waals surface area contributed by atoms with Crippen LogP contribution >= 0.6 is 0 Å². The third kappa shape index (κ3) is 4.27. The number of carbonyl (C=O) groups excluding carboxylic acids is 1. The highest BCUT2D eigenvalue weighted by molar-refractivity contribution is 5.79. The van der Waals surface area contributed by atoms with Crippen molar-refractivity contribution in [3.8, 4) is 22.8 Å². The first-order valence-electron chi connectivity index (χ1n) is 10.7. The van der Waals surface area contributed by atoms with E-state index in [1.807, 2.05) is 42.6 Å². The summed E-state index contributed by atoms with van der Waals surface area (Å²) in [6.07, 6.45) is 6.36. The SMILES string of the molecule is O=C1CCC(n2cc(-c3ccc(F)cc3)nc2-c2ccnc(Nc3ccccc3)n2)CC1. The Morgan fingerprint density at radius 1 is 0.906 bits per heavy atom. The summed E-state index contributed by atoms with van der Waals surface area (Å²) < 4.78 is 15.5. The summed E-state index contributed by atoms with van der Waals surface area (Å²) in [4.78, 5) is 25.7. The molecule has 5 rings (SSSR count). The zero-order valence-corrected chi connectivity index (χ0v) is 17.4. The minimum absolute atomic E-state index is 0.157. The van der Waals surface area contributed by atoms with Gasteiger partial charge in [0.15, 0.2) is 5.82 Å². The summed E-state index contributed by atoms with van der Waals surface area (Å²) in [7, 11) is 0. The minimum Gasteiger partial charge on any atom is -0.326 e. The van der Waals surface area contributed by atoms with Gasteiger partial charge in [-0.3, -0.25) is 4.79 Å². The van der Waals surface area contributed by atoms with E-state index in [-0.39, 0.29) is 11.9 Å². The second-order valence-corrected chi connectivity index (χ2v) is 7.89. The highest BCUT2D eigenvalue weighted by Gasteiger charge is 2.24. The van der Waals surface area contributed by atoms with E-state index >= 15 is 0 Å². The van der Waals surface area contributed by atoms with Crippen molar-refractivity contribution in [3.05, 3.63) is 78.9 Å². The van der Waals surface area contributed by atoms with Crippen LogP contribution in [-0.2, 0) is 4.79 Å². The van der Waals surface area contributed by atoms with E-state index in [1.54, 1.807) is 18.3 Å². The van der Waals surface area contributed by atoms with Crippen molar-refractivity contribution in [2.45, 2.75) is 31.7 Å². The zero-order chi connectivity index (χ0) is 21.9. The van der Waals surface area contributed by atoms with Crippen LogP contribution in [0, 0.1) is 5.82 Å². The van der Waals surface area contributed by atoms with Gasteiger partial charge in [0.05, 0.1) is 5.69 Å². The van der Waals surface area contributed by atoms with Gasteiger partial charge < -0.3 is 9.88 Å². The van der Waals surface area contributed by atoms with Crippen molar-refractivity contribution in [2.24, 2.45) is 0 Å². The molecule has 1 N–H and O–H groups in total. The van der Waals surface area contributed by atoms with Gasteiger partial charge in [0.25, 0.3) is 0 Å². The van der Waals surface area contributed by atoms with Crippen molar-refractivity contribution < 1.29 is 9.18 Å². The molecule has 0 amide bonds. The summed E-state index contributed by atoms with van der Waals surface area (Å²) in [6, 6.07) is 18.0. The largest absolute Gasteiger partial charge is 0.326 e. The van der Waals surface area contributed by atoms with Gasteiger partial charge in [-0.15, -0.1) is 0 Å². The lowest BCUT2D eigenvalue weighted by atomic mass is 9.94. The van der Waals surface area contributed by atoms with Crippen LogP contribution in [0.15, 0.2) is 73.1 Å². The number of benzene rings is 2. The first-order chi connectivity index (χ1) is 15.7. The van der Waals surface area contributed by atoms with E-state index in [9.17, 15) is 9.18 Å². The van der Waals surface area contributed by atoms with Crippen molar-refractivity contribution in [2.75, 3.05) is 5.32 Å². The van der Waals surface area contributed by atoms with E-state index < -0.39 is 0 Å². The molecule has 6 nitrogen and oxygen atoms in total. The number of ketones is 1. The van der Waals surface area contributed by atoms with Gasteiger partial charge in [-0.1, -0.05) is 18.2 Å². The lowest BCUT2D eigenvalue weighted by Gasteiger charge is -2.24. The Morgan fingerprint density at radius 2 is 1.66 bits per heavy atom. The summed E-state index contributed by atoms with van der Waals surface area (Å²) in [6.45, 7) is 0. The molecule has 4 aromatic rings. The Kier molecular flexibility index (Phi) is 5.46. The maximum absolute atomic E-state index is 13.4. The number of nitrogens with one attached hydrogen (secondary N) is 1. The van der Waals surface area contributed by atoms with Crippen LogP contribution in [-0.4, -0.2) is 25.3 Å². The number of carbonyl (C=O) groups is 1. The summed E-state index contributed by atoms with van der Waals surface area (Å²) in [5.74, 6) is 1.21. The van der Waals surface area contributed by atoms with Crippen LogP contribution in [0.1, 0.15) is 31.7 Å². The smallest absolute Gasteiger partial charge is 0.227 e. The number of para-hydroxylation sites is 1. The van der Waals surface area contributed by atoms with Crippen LogP contribution in [0.3, 0.4) is 0 Å². The van der Waals surface area contributed by atoms with Gasteiger partial charge in [-0.25, -0.2) is 19.3 Å². The first-order valence-corrected chi connectivity index (χ1v) is 10.7. The molecule has 1 aliphatic rings. The molecule has 1 fully saturated rings. The van der Waals surface area contributed by atoms with E-state index in [2.05, 4.69) is 14.9 Å². The molecule has 1 aliphatic carbocycles. The Bertz CT molecular complexity index is 1230. The molecule has 32 heavy (non-hydrogen) atoms. The van der Waals surface area contributed by atoms with Gasteiger partial charge in [-0.05, 0) is 55.3 Å². The fourth-order valence-corrected chi connectivity index (χ4v) is 4.02. The maximum atomic E-state index is 13.4. The maximum Gasteiger partial charge on any atom is 0.227 e. The lowest BCUT2D eigenvalue weighted by Crippen LogP contribution is -2.18. The number of nitrogens with zero attached hydrogens (tertiary/aromatic N) is 4. The molecule has 0 bridgehead atoms.